The van der Waals surface area contributed by atoms with Crippen LogP contribution >= 0.6 is 0 Å². The number of rotatable bonds is 7. The summed E-state index contributed by atoms with van der Waals surface area (Å²) >= 11 is 0. The number of hydrogen-bond acceptors (Lipinski definition) is 6. The maximum Gasteiger partial charge on any atom is 0.374 e. The topological polar surface area (TPSA) is 95.3 Å². The molecular formula is C16H13FN2O5. The van der Waals surface area contributed by atoms with Crippen molar-refractivity contribution in [1.82, 2.24) is 9.55 Å². The van der Waals surface area contributed by atoms with Crippen molar-refractivity contribution in [3.05, 3.63) is 53.9 Å². The number of ketones is 3. The minimum atomic E-state index is -1.18. The Morgan fingerprint density at radius 2 is 1.79 bits per heavy atom. The molecule has 0 bridgehead atoms. The van der Waals surface area contributed by atoms with Crippen LogP contribution in [0.3, 0.4) is 0 Å². The number of halogens is 1. The van der Waals surface area contributed by atoms with E-state index in [1.165, 1.54) is 41.4 Å². The molecule has 24 heavy (non-hydrogen) atoms. The Hall–Kier alpha value is -3.16. The van der Waals surface area contributed by atoms with Gasteiger partial charge in [-0.2, -0.15) is 0 Å². The van der Waals surface area contributed by atoms with Gasteiger partial charge in [0.25, 0.3) is 0 Å². The maximum atomic E-state index is 12.9. The molecule has 124 valence electrons. The molecule has 0 atom stereocenters. The van der Waals surface area contributed by atoms with Crippen LogP contribution in [0.1, 0.15) is 22.5 Å². The predicted octanol–water partition coefficient (Wildman–Crippen LogP) is 0.954. The third-order valence-electron chi connectivity index (χ3n) is 3.20. The Kier molecular flexibility index (Phi) is 5.31. The van der Waals surface area contributed by atoms with Crippen molar-refractivity contribution in [3.63, 3.8) is 0 Å². The van der Waals surface area contributed by atoms with Crippen LogP contribution in [0.2, 0.25) is 0 Å². The number of carbonyl (C=O) groups is 4. The maximum absolute atomic E-state index is 12.9. The molecule has 0 saturated heterocycles. The number of nitrogens with zero attached hydrogens (tertiary/aromatic N) is 2. The van der Waals surface area contributed by atoms with E-state index in [1.807, 2.05) is 0 Å². The zero-order chi connectivity index (χ0) is 17.7. The summed E-state index contributed by atoms with van der Waals surface area (Å²) in [5, 5.41) is 0. The summed E-state index contributed by atoms with van der Waals surface area (Å²) < 4.78 is 18.5. The first kappa shape index (κ1) is 17.2. The number of benzene rings is 1. The molecule has 0 fully saturated rings. The van der Waals surface area contributed by atoms with Gasteiger partial charge in [0.2, 0.25) is 17.3 Å². The highest BCUT2D eigenvalue weighted by molar-refractivity contribution is 6.50. The van der Waals surface area contributed by atoms with E-state index in [1.54, 1.807) is 0 Å². The molecule has 0 aliphatic heterocycles. The van der Waals surface area contributed by atoms with Crippen molar-refractivity contribution < 1.29 is 28.3 Å². The fourth-order valence-electron chi connectivity index (χ4n) is 1.98. The highest BCUT2D eigenvalue weighted by atomic mass is 19.1. The molecule has 0 saturated carbocycles. The molecule has 7 nitrogen and oxygen atoms in total. The van der Waals surface area contributed by atoms with E-state index in [0.717, 1.165) is 7.11 Å². The number of Topliss-reactive ketones (excluding diaryl/α,β-unsaturated/α-hetero) is 3. The molecule has 0 aliphatic carbocycles. The van der Waals surface area contributed by atoms with Crippen molar-refractivity contribution >= 4 is 23.3 Å². The van der Waals surface area contributed by atoms with Crippen LogP contribution in [-0.2, 0) is 25.7 Å². The summed E-state index contributed by atoms with van der Waals surface area (Å²) in [4.78, 5) is 50.2. The Labute approximate surface area is 136 Å². The predicted molar refractivity (Wildman–Crippen MR) is 78.7 cm³/mol. The molecule has 1 aromatic heterocycles. The molecule has 0 aliphatic rings. The average molecular weight is 332 g/mol. The largest absolute Gasteiger partial charge is 0.463 e. The van der Waals surface area contributed by atoms with Gasteiger partial charge < -0.3 is 9.30 Å². The van der Waals surface area contributed by atoms with Crippen LogP contribution in [-0.4, -0.2) is 40.0 Å². The number of hydrogen-bond donors (Lipinski definition) is 0. The van der Waals surface area contributed by atoms with E-state index in [0.29, 0.717) is 5.56 Å². The van der Waals surface area contributed by atoms with E-state index in [-0.39, 0.29) is 12.2 Å². The zero-order valence-electron chi connectivity index (χ0n) is 12.7. The third-order valence-corrected chi connectivity index (χ3v) is 3.20. The first-order valence-electron chi connectivity index (χ1n) is 6.85. The van der Waals surface area contributed by atoms with Crippen LogP contribution in [0.4, 0.5) is 4.39 Å². The monoisotopic (exact) mass is 332 g/mol. The van der Waals surface area contributed by atoms with Gasteiger partial charge >= 0.3 is 5.97 Å². The highest BCUT2D eigenvalue weighted by Crippen LogP contribution is 2.09. The second kappa shape index (κ2) is 7.40. The van der Waals surface area contributed by atoms with E-state index in [4.69, 9.17) is 0 Å². The molecule has 0 spiro atoms. The highest BCUT2D eigenvalue weighted by Gasteiger charge is 2.26. The van der Waals surface area contributed by atoms with E-state index >= 15 is 0 Å². The van der Waals surface area contributed by atoms with Crippen LogP contribution in [0.15, 0.2) is 36.8 Å². The summed E-state index contributed by atoms with van der Waals surface area (Å²) in [6.07, 6.45) is 1.66. The Morgan fingerprint density at radius 1 is 1.12 bits per heavy atom. The summed E-state index contributed by atoms with van der Waals surface area (Å²) in [5.41, 5.74) is 0.670. The van der Waals surface area contributed by atoms with Crippen molar-refractivity contribution in [2.75, 3.05) is 7.11 Å². The van der Waals surface area contributed by atoms with Crippen LogP contribution < -0.4 is 0 Å². The van der Waals surface area contributed by atoms with Gasteiger partial charge in [0.05, 0.1) is 26.1 Å². The molecule has 1 heterocycles. The lowest BCUT2D eigenvalue weighted by Crippen LogP contribution is -2.25. The minimum absolute atomic E-state index is 0.0259. The first-order valence-corrected chi connectivity index (χ1v) is 6.85. The van der Waals surface area contributed by atoms with Crippen molar-refractivity contribution in [1.29, 1.82) is 0 Å². The number of ether oxygens (including phenoxy) is 1. The second-order valence-corrected chi connectivity index (χ2v) is 4.88. The van der Waals surface area contributed by atoms with Crippen molar-refractivity contribution in [2.24, 2.45) is 0 Å². The van der Waals surface area contributed by atoms with Crippen molar-refractivity contribution in [3.8, 4) is 0 Å². The Balaban J connectivity index is 2.12. The molecule has 0 radical (unpaired) electrons. The summed E-state index contributed by atoms with van der Waals surface area (Å²) in [6.45, 7) is 0.194. The number of methoxy groups -OCH3 is 1. The molecule has 1 aromatic carbocycles. The van der Waals surface area contributed by atoms with Gasteiger partial charge in [0, 0.05) is 6.54 Å². The fraction of sp³-hybridized carbons (Fsp3) is 0.188. The molecule has 8 heteroatoms. The normalized spacial score (nSPS) is 10.2. The van der Waals surface area contributed by atoms with Gasteiger partial charge in [0.15, 0.2) is 0 Å². The molecule has 2 rings (SSSR count). The lowest BCUT2D eigenvalue weighted by Gasteiger charge is -2.07. The second-order valence-electron chi connectivity index (χ2n) is 4.88. The first-order chi connectivity index (χ1) is 11.4. The fourth-order valence-corrected chi connectivity index (χ4v) is 1.98. The van der Waals surface area contributed by atoms with Gasteiger partial charge in [-0.05, 0) is 17.7 Å². The lowest BCUT2D eigenvalue weighted by molar-refractivity contribution is -0.152. The van der Waals surface area contributed by atoms with E-state index < -0.39 is 35.6 Å². The molecule has 0 N–H and O–H groups in total. The Bertz CT molecular complexity index is 795. The number of esters is 1. The molecule has 0 unspecified atom stereocenters. The third kappa shape index (κ3) is 3.97. The molecular weight excluding hydrogens is 319 g/mol. The minimum Gasteiger partial charge on any atom is -0.463 e. The summed E-state index contributed by atoms with van der Waals surface area (Å²) in [7, 11) is 1.00. The summed E-state index contributed by atoms with van der Waals surface area (Å²) in [6, 6.07) is 5.61. The van der Waals surface area contributed by atoms with Gasteiger partial charge in [-0.1, -0.05) is 12.1 Å². The summed E-state index contributed by atoms with van der Waals surface area (Å²) in [5.74, 6) is -4.65. The number of carbonyl (C=O) groups excluding carboxylic acids is 4. The lowest BCUT2D eigenvalue weighted by atomic mass is 10.1. The number of imidazole rings is 1. The van der Waals surface area contributed by atoms with Crippen LogP contribution in [0.5, 0.6) is 0 Å². The SMILES string of the molecule is COC(=O)C(=O)CC(=O)C(=O)c1cncn1Cc1ccc(F)cc1. The zero-order valence-corrected chi connectivity index (χ0v) is 12.7. The van der Waals surface area contributed by atoms with Gasteiger partial charge in [-0.25, -0.2) is 14.2 Å². The van der Waals surface area contributed by atoms with Gasteiger partial charge in [-0.3, -0.25) is 14.4 Å². The van der Waals surface area contributed by atoms with Gasteiger partial charge in [0.1, 0.15) is 11.5 Å². The number of aromatic nitrogens is 2. The Morgan fingerprint density at radius 3 is 2.42 bits per heavy atom. The quantitative estimate of drug-likeness (QED) is 0.324. The van der Waals surface area contributed by atoms with E-state index in [2.05, 4.69) is 9.72 Å². The van der Waals surface area contributed by atoms with Crippen LogP contribution in [0, 0.1) is 5.82 Å². The standard InChI is InChI=1S/C16H13FN2O5/c1-24-16(23)14(21)6-13(20)15(22)12-7-18-9-19(12)8-10-2-4-11(17)5-3-10/h2-5,7,9H,6,8H2,1H3. The average Bonchev–Trinajstić information content (AvgIpc) is 3.03. The molecule has 2 aromatic rings. The van der Waals surface area contributed by atoms with E-state index in [9.17, 15) is 23.6 Å². The van der Waals surface area contributed by atoms with Gasteiger partial charge in [-0.15, -0.1) is 0 Å². The smallest absolute Gasteiger partial charge is 0.374 e. The van der Waals surface area contributed by atoms with Crippen molar-refractivity contribution in [2.45, 2.75) is 13.0 Å². The molecule has 0 amide bonds. The van der Waals surface area contributed by atoms with Crippen LogP contribution in [0.25, 0.3) is 0 Å².